The largest absolute Gasteiger partial charge is 0.426 e. The van der Waals surface area contributed by atoms with Gasteiger partial charge in [0.1, 0.15) is 5.75 Å². The zero-order valence-electron chi connectivity index (χ0n) is 18.2. The van der Waals surface area contributed by atoms with Crippen molar-refractivity contribution < 1.29 is 18.7 Å². The molecule has 1 N–H and O–H groups in total. The Balaban J connectivity index is 1.38. The number of carbonyl (C=O) groups excluding carboxylic acids is 2. The van der Waals surface area contributed by atoms with E-state index in [2.05, 4.69) is 15.6 Å². The smallest absolute Gasteiger partial charge is 0.290 e. The molecule has 3 heterocycles. The molecule has 1 aromatic carbocycles. The number of benzene rings is 1. The van der Waals surface area contributed by atoms with Gasteiger partial charge < -0.3 is 19.4 Å². The Morgan fingerprint density at radius 3 is 2.81 bits per heavy atom. The van der Waals surface area contributed by atoms with Crippen molar-refractivity contribution in [2.24, 2.45) is 5.92 Å². The maximum Gasteiger partial charge on any atom is 0.290 e. The van der Waals surface area contributed by atoms with Crippen LogP contribution in [0.5, 0.6) is 11.7 Å². The Kier molecular flexibility index (Phi) is 6.53. The topological polar surface area (TPSA) is 102 Å². The first-order valence-corrected chi connectivity index (χ1v) is 10.8. The van der Waals surface area contributed by atoms with E-state index in [4.69, 9.17) is 9.15 Å². The van der Waals surface area contributed by atoms with Crippen molar-refractivity contribution >= 4 is 11.8 Å². The lowest BCUT2D eigenvalue weighted by molar-refractivity contribution is 0.0635. The molecule has 1 unspecified atom stereocenters. The van der Waals surface area contributed by atoms with Crippen molar-refractivity contribution in [3.8, 4) is 11.7 Å². The van der Waals surface area contributed by atoms with Gasteiger partial charge in [0, 0.05) is 25.7 Å². The van der Waals surface area contributed by atoms with Gasteiger partial charge in [-0.25, -0.2) is 4.68 Å². The van der Waals surface area contributed by atoms with E-state index in [-0.39, 0.29) is 35.3 Å². The number of hydrogen-bond acceptors (Lipinski definition) is 6. The van der Waals surface area contributed by atoms with Crippen LogP contribution in [0.2, 0.25) is 0 Å². The number of furan rings is 1. The van der Waals surface area contributed by atoms with Gasteiger partial charge in [0.05, 0.1) is 12.2 Å². The first-order chi connectivity index (χ1) is 15.5. The highest BCUT2D eigenvalue weighted by atomic mass is 16.6. The van der Waals surface area contributed by atoms with Crippen LogP contribution in [-0.4, -0.2) is 51.3 Å². The second-order valence-electron chi connectivity index (χ2n) is 8.27. The third-order valence-electron chi connectivity index (χ3n) is 5.23. The molecule has 0 bridgehead atoms. The summed E-state index contributed by atoms with van der Waals surface area (Å²) >= 11 is 0. The third kappa shape index (κ3) is 5.16. The van der Waals surface area contributed by atoms with E-state index < -0.39 is 0 Å². The SMILES string of the molecule is CC(C)CNC(=O)c1cn(C2CCCN(C(=O)c3ccc(Oc4ccccc4)o3)C2)nn1. The molecule has 0 radical (unpaired) electrons. The van der Waals surface area contributed by atoms with Crippen molar-refractivity contribution in [1.82, 2.24) is 25.2 Å². The first-order valence-electron chi connectivity index (χ1n) is 10.8. The van der Waals surface area contributed by atoms with E-state index in [0.29, 0.717) is 31.3 Å². The minimum absolute atomic E-state index is 0.0538. The molecule has 9 nitrogen and oxygen atoms in total. The lowest BCUT2D eigenvalue weighted by atomic mass is 10.1. The number of ether oxygens (including phenoxy) is 1. The lowest BCUT2D eigenvalue weighted by Gasteiger charge is -2.31. The van der Waals surface area contributed by atoms with Crippen molar-refractivity contribution in [3.63, 3.8) is 0 Å². The number of hydrogen-bond donors (Lipinski definition) is 1. The number of nitrogens with zero attached hydrogens (tertiary/aromatic N) is 4. The van der Waals surface area contributed by atoms with Crippen LogP contribution in [0.25, 0.3) is 0 Å². The fourth-order valence-electron chi connectivity index (χ4n) is 3.55. The summed E-state index contributed by atoms with van der Waals surface area (Å²) in [6.45, 7) is 5.73. The molecule has 0 spiro atoms. The Bertz CT molecular complexity index is 1060. The van der Waals surface area contributed by atoms with Gasteiger partial charge in [-0.1, -0.05) is 37.3 Å². The zero-order chi connectivity index (χ0) is 22.5. The Hall–Kier alpha value is -3.62. The van der Waals surface area contributed by atoms with Crippen molar-refractivity contribution in [1.29, 1.82) is 0 Å². The van der Waals surface area contributed by atoms with E-state index in [1.54, 1.807) is 27.9 Å². The first kappa shape index (κ1) is 21.6. The van der Waals surface area contributed by atoms with Crippen LogP contribution in [0.15, 0.2) is 53.1 Å². The van der Waals surface area contributed by atoms with Gasteiger partial charge in [-0.05, 0) is 37.0 Å². The molecule has 168 valence electrons. The molecule has 3 aromatic rings. The van der Waals surface area contributed by atoms with Crippen LogP contribution in [0, 0.1) is 5.92 Å². The van der Waals surface area contributed by atoms with Crippen molar-refractivity contribution in [3.05, 3.63) is 60.1 Å². The second-order valence-corrected chi connectivity index (χ2v) is 8.27. The van der Waals surface area contributed by atoms with Gasteiger partial charge in [0.25, 0.3) is 17.8 Å². The summed E-state index contributed by atoms with van der Waals surface area (Å²) < 4.78 is 12.9. The maximum absolute atomic E-state index is 13.0. The molecule has 0 saturated carbocycles. The van der Waals surface area contributed by atoms with Crippen molar-refractivity contribution in [2.45, 2.75) is 32.7 Å². The van der Waals surface area contributed by atoms with Gasteiger partial charge in [-0.2, -0.15) is 0 Å². The predicted octanol–water partition coefficient (Wildman–Crippen LogP) is 3.53. The standard InChI is InChI=1S/C23H27N5O4/c1-16(2)13-24-22(29)19-15-28(26-25-19)17-7-6-12-27(14-17)23(30)20-10-11-21(32-20)31-18-8-4-3-5-9-18/h3-5,8-11,15-17H,6-7,12-14H2,1-2H3,(H,24,29). The highest BCUT2D eigenvalue weighted by molar-refractivity contribution is 5.92. The molecule has 1 aliphatic rings. The summed E-state index contributed by atoms with van der Waals surface area (Å²) in [5.41, 5.74) is 0.280. The van der Waals surface area contributed by atoms with Crippen LogP contribution < -0.4 is 10.1 Å². The third-order valence-corrected chi connectivity index (χ3v) is 5.23. The van der Waals surface area contributed by atoms with E-state index >= 15 is 0 Å². The van der Waals surface area contributed by atoms with Crippen LogP contribution in [0.3, 0.4) is 0 Å². The normalized spacial score (nSPS) is 16.2. The minimum atomic E-state index is -0.241. The molecular formula is C23H27N5O4. The molecule has 4 rings (SSSR count). The number of nitrogens with one attached hydrogen (secondary N) is 1. The predicted molar refractivity (Wildman–Crippen MR) is 117 cm³/mol. The fourth-order valence-corrected chi connectivity index (χ4v) is 3.55. The highest BCUT2D eigenvalue weighted by Gasteiger charge is 2.28. The van der Waals surface area contributed by atoms with Gasteiger partial charge in [-0.15, -0.1) is 5.10 Å². The molecule has 1 fully saturated rings. The Labute approximate surface area is 186 Å². The van der Waals surface area contributed by atoms with Crippen molar-refractivity contribution in [2.75, 3.05) is 19.6 Å². The highest BCUT2D eigenvalue weighted by Crippen LogP contribution is 2.26. The molecule has 1 saturated heterocycles. The van der Waals surface area contributed by atoms with Crippen LogP contribution >= 0.6 is 0 Å². The zero-order valence-corrected chi connectivity index (χ0v) is 18.2. The average Bonchev–Trinajstić information content (AvgIpc) is 3.48. The summed E-state index contributed by atoms with van der Waals surface area (Å²) in [7, 11) is 0. The summed E-state index contributed by atoms with van der Waals surface area (Å²) in [4.78, 5) is 26.9. The number of aromatic nitrogens is 3. The van der Waals surface area contributed by atoms with Crippen LogP contribution in [0.4, 0.5) is 0 Å². The van der Waals surface area contributed by atoms with E-state index in [1.807, 2.05) is 44.2 Å². The quantitative estimate of drug-likeness (QED) is 0.607. The van der Waals surface area contributed by atoms with Gasteiger partial charge in [0.15, 0.2) is 11.5 Å². The molecule has 32 heavy (non-hydrogen) atoms. The Morgan fingerprint density at radius 2 is 2.03 bits per heavy atom. The van der Waals surface area contributed by atoms with E-state index in [0.717, 1.165) is 12.8 Å². The summed E-state index contributed by atoms with van der Waals surface area (Å²) in [5, 5.41) is 11.0. The van der Waals surface area contributed by atoms with Gasteiger partial charge in [-0.3, -0.25) is 9.59 Å². The fraction of sp³-hybridized carbons (Fsp3) is 0.391. The number of rotatable bonds is 7. The molecular weight excluding hydrogens is 410 g/mol. The summed E-state index contributed by atoms with van der Waals surface area (Å²) in [5.74, 6) is 1.04. The van der Waals surface area contributed by atoms with Crippen LogP contribution in [-0.2, 0) is 0 Å². The number of piperidine rings is 1. The molecule has 2 aromatic heterocycles. The molecule has 2 amide bonds. The molecule has 1 aliphatic heterocycles. The van der Waals surface area contributed by atoms with Crippen LogP contribution in [0.1, 0.15) is 53.8 Å². The number of carbonyl (C=O) groups is 2. The number of amides is 2. The van der Waals surface area contributed by atoms with Gasteiger partial charge >= 0.3 is 0 Å². The molecule has 0 aliphatic carbocycles. The van der Waals surface area contributed by atoms with Gasteiger partial charge in [0.2, 0.25) is 0 Å². The number of likely N-dealkylation sites (tertiary alicyclic amines) is 1. The molecule has 9 heteroatoms. The minimum Gasteiger partial charge on any atom is -0.426 e. The summed E-state index contributed by atoms with van der Waals surface area (Å²) in [6, 6.07) is 12.5. The maximum atomic E-state index is 13.0. The Morgan fingerprint density at radius 1 is 1.22 bits per heavy atom. The summed E-state index contributed by atoms with van der Waals surface area (Å²) in [6.07, 6.45) is 3.31. The second kappa shape index (κ2) is 9.67. The average molecular weight is 438 g/mol. The molecule has 1 atom stereocenters. The lowest BCUT2D eigenvalue weighted by Crippen LogP contribution is -2.40. The van der Waals surface area contributed by atoms with E-state index in [9.17, 15) is 9.59 Å². The van der Waals surface area contributed by atoms with E-state index in [1.165, 1.54) is 0 Å². The number of para-hydroxylation sites is 1. The monoisotopic (exact) mass is 437 g/mol.